The van der Waals surface area contributed by atoms with Crippen molar-refractivity contribution in [2.75, 3.05) is 13.2 Å². The van der Waals surface area contributed by atoms with Gasteiger partial charge in [-0.3, -0.25) is 14.4 Å². The second-order valence-electron chi connectivity index (χ2n) is 6.41. The van der Waals surface area contributed by atoms with Crippen LogP contribution in [0.25, 0.3) is 0 Å². The number of hydrogen-bond donors (Lipinski definition) is 1. The van der Waals surface area contributed by atoms with E-state index in [-0.39, 0.29) is 12.3 Å². The standard InChI is InChI=1S/C22H25NO5/c1-5-27-19-9-7-6-8-18(19)22(26)23-13-20(24)28-16(4)21(25)17-11-10-14(2)15(3)12-17/h6-12,16H,5,13H2,1-4H3,(H,23,26)/t16-/m1/s1. The lowest BCUT2D eigenvalue weighted by Crippen LogP contribution is -2.34. The largest absolute Gasteiger partial charge is 0.493 e. The molecule has 1 N–H and O–H groups in total. The Hall–Kier alpha value is -3.15. The third-order valence-corrected chi connectivity index (χ3v) is 4.29. The highest BCUT2D eigenvalue weighted by Crippen LogP contribution is 2.17. The summed E-state index contributed by atoms with van der Waals surface area (Å²) < 4.78 is 10.6. The van der Waals surface area contributed by atoms with Crippen molar-refractivity contribution in [3.8, 4) is 5.75 Å². The number of esters is 1. The quantitative estimate of drug-likeness (QED) is 0.559. The Morgan fingerprint density at radius 1 is 1.04 bits per heavy atom. The summed E-state index contributed by atoms with van der Waals surface area (Å²) in [6.07, 6.45) is -0.942. The molecule has 0 bridgehead atoms. The summed E-state index contributed by atoms with van der Waals surface area (Å²) in [6, 6.07) is 12.1. The molecular formula is C22H25NO5. The number of carbonyl (C=O) groups excluding carboxylic acids is 3. The third kappa shape index (κ3) is 5.42. The summed E-state index contributed by atoms with van der Waals surface area (Å²) in [5.41, 5.74) is 2.88. The summed E-state index contributed by atoms with van der Waals surface area (Å²) in [6.45, 7) is 7.29. The molecule has 1 amide bonds. The summed E-state index contributed by atoms with van der Waals surface area (Å²) in [5.74, 6) is -0.986. The third-order valence-electron chi connectivity index (χ3n) is 4.29. The van der Waals surface area contributed by atoms with Gasteiger partial charge in [-0.05, 0) is 57.0 Å². The number of ketones is 1. The van der Waals surface area contributed by atoms with E-state index in [2.05, 4.69) is 5.32 Å². The first kappa shape index (κ1) is 21.2. The first-order chi connectivity index (χ1) is 13.3. The minimum atomic E-state index is -0.942. The Morgan fingerprint density at radius 2 is 1.75 bits per heavy atom. The smallest absolute Gasteiger partial charge is 0.326 e. The molecule has 0 heterocycles. The van der Waals surface area contributed by atoms with Gasteiger partial charge >= 0.3 is 5.97 Å². The van der Waals surface area contributed by atoms with Crippen LogP contribution in [0.15, 0.2) is 42.5 Å². The average Bonchev–Trinajstić information content (AvgIpc) is 2.68. The number of para-hydroxylation sites is 1. The normalized spacial score (nSPS) is 11.4. The van der Waals surface area contributed by atoms with Gasteiger partial charge in [-0.25, -0.2) is 0 Å². The number of ether oxygens (including phenoxy) is 2. The van der Waals surface area contributed by atoms with Crippen LogP contribution in [-0.4, -0.2) is 36.9 Å². The van der Waals surface area contributed by atoms with Crippen LogP contribution in [0.5, 0.6) is 5.75 Å². The van der Waals surface area contributed by atoms with Crippen LogP contribution in [-0.2, 0) is 9.53 Å². The van der Waals surface area contributed by atoms with Gasteiger partial charge < -0.3 is 14.8 Å². The van der Waals surface area contributed by atoms with Gasteiger partial charge in [-0.1, -0.05) is 24.3 Å². The van der Waals surface area contributed by atoms with E-state index in [9.17, 15) is 14.4 Å². The molecular weight excluding hydrogens is 358 g/mol. The molecule has 0 fully saturated rings. The van der Waals surface area contributed by atoms with Crippen molar-refractivity contribution in [3.05, 3.63) is 64.7 Å². The number of amides is 1. The van der Waals surface area contributed by atoms with E-state index in [0.717, 1.165) is 11.1 Å². The second kappa shape index (κ2) is 9.69. The van der Waals surface area contributed by atoms with Gasteiger partial charge in [0.05, 0.1) is 12.2 Å². The Bertz CT molecular complexity index is 875. The van der Waals surface area contributed by atoms with E-state index in [1.165, 1.54) is 6.92 Å². The van der Waals surface area contributed by atoms with E-state index in [0.29, 0.717) is 23.5 Å². The second-order valence-corrected chi connectivity index (χ2v) is 6.41. The van der Waals surface area contributed by atoms with E-state index >= 15 is 0 Å². The number of benzene rings is 2. The topological polar surface area (TPSA) is 81.7 Å². The van der Waals surface area contributed by atoms with E-state index in [4.69, 9.17) is 9.47 Å². The summed E-state index contributed by atoms with van der Waals surface area (Å²) in [7, 11) is 0. The lowest BCUT2D eigenvalue weighted by molar-refractivity contribution is -0.145. The minimum Gasteiger partial charge on any atom is -0.493 e. The van der Waals surface area contributed by atoms with Crippen molar-refractivity contribution in [2.24, 2.45) is 0 Å². The zero-order valence-electron chi connectivity index (χ0n) is 16.6. The zero-order valence-corrected chi connectivity index (χ0v) is 16.6. The van der Waals surface area contributed by atoms with Crippen LogP contribution < -0.4 is 10.1 Å². The molecule has 148 valence electrons. The molecule has 28 heavy (non-hydrogen) atoms. The van der Waals surface area contributed by atoms with Crippen LogP contribution in [0.3, 0.4) is 0 Å². The zero-order chi connectivity index (χ0) is 20.7. The first-order valence-corrected chi connectivity index (χ1v) is 9.14. The molecule has 2 rings (SSSR count). The van der Waals surface area contributed by atoms with Crippen LogP contribution in [0, 0.1) is 13.8 Å². The number of hydrogen-bond acceptors (Lipinski definition) is 5. The number of carbonyl (C=O) groups is 3. The molecule has 2 aromatic carbocycles. The Kier molecular flexibility index (Phi) is 7.32. The van der Waals surface area contributed by atoms with Gasteiger partial charge in [0.1, 0.15) is 12.3 Å². The highest BCUT2D eigenvalue weighted by atomic mass is 16.5. The van der Waals surface area contributed by atoms with Gasteiger partial charge in [-0.15, -0.1) is 0 Å². The number of nitrogens with one attached hydrogen (secondary N) is 1. The average molecular weight is 383 g/mol. The lowest BCUT2D eigenvalue weighted by atomic mass is 10.0. The fraction of sp³-hybridized carbons (Fsp3) is 0.318. The van der Waals surface area contributed by atoms with Crippen molar-refractivity contribution in [3.63, 3.8) is 0 Å². The molecule has 0 aliphatic heterocycles. The van der Waals surface area contributed by atoms with Crippen LogP contribution in [0.1, 0.15) is 45.7 Å². The predicted octanol–water partition coefficient (Wildman–Crippen LogP) is 3.25. The van der Waals surface area contributed by atoms with E-state index in [1.807, 2.05) is 26.8 Å². The number of aryl methyl sites for hydroxylation is 2. The molecule has 6 nitrogen and oxygen atoms in total. The van der Waals surface area contributed by atoms with Gasteiger partial charge in [-0.2, -0.15) is 0 Å². The van der Waals surface area contributed by atoms with Crippen molar-refractivity contribution in [1.29, 1.82) is 0 Å². The van der Waals surface area contributed by atoms with Gasteiger partial charge in [0, 0.05) is 5.56 Å². The molecule has 0 aliphatic rings. The molecule has 0 saturated carbocycles. The van der Waals surface area contributed by atoms with Gasteiger partial charge in [0.25, 0.3) is 5.91 Å². The van der Waals surface area contributed by atoms with Crippen LogP contribution >= 0.6 is 0 Å². The van der Waals surface area contributed by atoms with Crippen molar-refractivity contribution >= 4 is 17.7 Å². The SMILES string of the molecule is CCOc1ccccc1C(=O)NCC(=O)O[C@H](C)C(=O)c1ccc(C)c(C)c1. The molecule has 0 aromatic heterocycles. The van der Waals surface area contributed by atoms with Gasteiger partial charge in [0.15, 0.2) is 6.10 Å². The molecule has 2 aromatic rings. The maximum Gasteiger partial charge on any atom is 0.326 e. The highest BCUT2D eigenvalue weighted by Gasteiger charge is 2.21. The molecule has 0 aliphatic carbocycles. The fourth-order valence-electron chi connectivity index (χ4n) is 2.61. The van der Waals surface area contributed by atoms with E-state index in [1.54, 1.807) is 36.4 Å². The first-order valence-electron chi connectivity index (χ1n) is 9.14. The lowest BCUT2D eigenvalue weighted by Gasteiger charge is -2.14. The fourth-order valence-corrected chi connectivity index (χ4v) is 2.61. The van der Waals surface area contributed by atoms with Crippen molar-refractivity contribution in [1.82, 2.24) is 5.32 Å². The predicted molar refractivity (Wildman–Crippen MR) is 106 cm³/mol. The number of Topliss-reactive ketones (excluding diaryl/α,β-unsaturated/α-hetero) is 1. The van der Waals surface area contributed by atoms with Crippen LogP contribution in [0.2, 0.25) is 0 Å². The molecule has 0 unspecified atom stereocenters. The summed E-state index contributed by atoms with van der Waals surface area (Å²) in [5, 5.41) is 2.49. The molecule has 0 radical (unpaired) electrons. The molecule has 6 heteroatoms. The van der Waals surface area contributed by atoms with Crippen LogP contribution in [0.4, 0.5) is 0 Å². The molecule has 0 saturated heterocycles. The van der Waals surface area contributed by atoms with Crippen molar-refractivity contribution < 1.29 is 23.9 Å². The maximum absolute atomic E-state index is 12.4. The monoisotopic (exact) mass is 383 g/mol. The van der Waals surface area contributed by atoms with Crippen molar-refractivity contribution in [2.45, 2.75) is 33.8 Å². The molecule has 1 atom stereocenters. The van der Waals surface area contributed by atoms with Gasteiger partial charge in [0.2, 0.25) is 5.78 Å². The summed E-state index contributed by atoms with van der Waals surface area (Å²) in [4.78, 5) is 36.8. The Morgan fingerprint density at radius 3 is 2.43 bits per heavy atom. The maximum atomic E-state index is 12.4. The highest BCUT2D eigenvalue weighted by molar-refractivity contribution is 6.01. The Labute approximate surface area is 164 Å². The van der Waals surface area contributed by atoms with E-state index < -0.39 is 18.0 Å². The number of rotatable bonds is 8. The minimum absolute atomic E-state index is 0.288. The Balaban J connectivity index is 1.92. The molecule has 0 spiro atoms. The summed E-state index contributed by atoms with van der Waals surface area (Å²) >= 11 is 0.